The average molecular weight is 293 g/mol. The smallest absolute Gasteiger partial charge is 0.272 e. The SMILES string of the molecule is Cc1cc(OCCC[NH+]2CCC[C@@H](C)C2)ccc1[N+](=O)[O-]. The number of piperidine rings is 1. The molecular weight excluding hydrogens is 268 g/mol. The average Bonchev–Trinajstić information content (AvgIpc) is 2.43. The van der Waals surface area contributed by atoms with Crippen molar-refractivity contribution in [3.63, 3.8) is 0 Å². The molecule has 1 aromatic carbocycles. The van der Waals surface area contributed by atoms with Crippen LogP contribution in [0.3, 0.4) is 0 Å². The number of ether oxygens (including phenoxy) is 1. The van der Waals surface area contributed by atoms with Crippen LogP contribution in [-0.4, -0.2) is 31.2 Å². The number of aryl methyl sites for hydroxylation is 1. The maximum Gasteiger partial charge on any atom is 0.272 e. The van der Waals surface area contributed by atoms with Gasteiger partial charge in [-0.05, 0) is 31.9 Å². The fourth-order valence-electron chi connectivity index (χ4n) is 3.06. The minimum absolute atomic E-state index is 0.147. The third-order valence-electron chi connectivity index (χ3n) is 4.17. The number of hydrogen-bond acceptors (Lipinski definition) is 3. The molecule has 1 unspecified atom stereocenters. The maximum absolute atomic E-state index is 10.8. The molecule has 1 N–H and O–H groups in total. The van der Waals surface area contributed by atoms with E-state index in [9.17, 15) is 10.1 Å². The summed E-state index contributed by atoms with van der Waals surface area (Å²) in [6, 6.07) is 4.94. The molecule has 5 heteroatoms. The van der Waals surface area contributed by atoms with E-state index in [1.807, 2.05) is 0 Å². The Balaban J connectivity index is 1.73. The van der Waals surface area contributed by atoms with Gasteiger partial charge in [-0.1, -0.05) is 6.92 Å². The Hall–Kier alpha value is -1.62. The highest BCUT2D eigenvalue weighted by atomic mass is 16.6. The van der Waals surface area contributed by atoms with E-state index in [-0.39, 0.29) is 10.6 Å². The van der Waals surface area contributed by atoms with Crippen LogP contribution in [0.2, 0.25) is 0 Å². The molecule has 1 aliphatic rings. The number of quaternary nitrogens is 1. The molecule has 1 fully saturated rings. The lowest BCUT2D eigenvalue weighted by Crippen LogP contribution is -3.13. The predicted octanol–water partition coefficient (Wildman–Crippen LogP) is 1.99. The quantitative estimate of drug-likeness (QED) is 0.496. The molecule has 5 nitrogen and oxygen atoms in total. The van der Waals surface area contributed by atoms with Crippen molar-refractivity contribution in [1.29, 1.82) is 0 Å². The van der Waals surface area contributed by atoms with Crippen LogP contribution in [0.5, 0.6) is 5.75 Å². The summed E-state index contributed by atoms with van der Waals surface area (Å²) in [6.45, 7) is 8.45. The first-order valence-electron chi connectivity index (χ1n) is 7.77. The van der Waals surface area contributed by atoms with E-state index in [1.165, 1.54) is 32.0 Å². The van der Waals surface area contributed by atoms with Gasteiger partial charge in [-0.25, -0.2) is 0 Å². The van der Waals surface area contributed by atoms with Gasteiger partial charge in [-0.15, -0.1) is 0 Å². The second-order valence-electron chi connectivity index (χ2n) is 6.11. The van der Waals surface area contributed by atoms with Crippen LogP contribution < -0.4 is 9.64 Å². The third kappa shape index (κ3) is 4.70. The largest absolute Gasteiger partial charge is 0.493 e. The number of likely N-dealkylation sites (tertiary alicyclic amines) is 1. The van der Waals surface area contributed by atoms with Gasteiger partial charge in [-0.3, -0.25) is 10.1 Å². The Bertz CT molecular complexity index is 490. The summed E-state index contributed by atoms with van der Waals surface area (Å²) in [5.41, 5.74) is 0.794. The summed E-state index contributed by atoms with van der Waals surface area (Å²) >= 11 is 0. The first-order chi connectivity index (χ1) is 10.1. The number of nitrogens with zero attached hydrogens (tertiary/aromatic N) is 1. The summed E-state index contributed by atoms with van der Waals surface area (Å²) < 4.78 is 5.70. The second-order valence-corrected chi connectivity index (χ2v) is 6.11. The minimum Gasteiger partial charge on any atom is -0.493 e. The van der Waals surface area contributed by atoms with Crippen LogP contribution in [0.15, 0.2) is 18.2 Å². The standard InChI is InChI=1S/C16H24N2O3/c1-13-5-3-8-17(12-13)9-4-10-21-15-6-7-16(18(19)20)14(2)11-15/h6-7,11,13H,3-5,8-10,12H2,1-2H3/p+1/t13-/m1/s1. The van der Waals surface area contributed by atoms with Gasteiger partial charge in [0.1, 0.15) is 5.75 Å². The molecule has 0 spiro atoms. The predicted molar refractivity (Wildman–Crippen MR) is 81.9 cm³/mol. The number of rotatable bonds is 6. The monoisotopic (exact) mass is 293 g/mol. The Kier molecular flexibility index (Phi) is 5.56. The normalized spacial score (nSPS) is 22.0. The molecule has 1 saturated heterocycles. The van der Waals surface area contributed by atoms with Gasteiger partial charge in [0.15, 0.2) is 0 Å². The van der Waals surface area contributed by atoms with E-state index in [1.54, 1.807) is 24.0 Å². The van der Waals surface area contributed by atoms with Gasteiger partial charge in [-0.2, -0.15) is 0 Å². The van der Waals surface area contributed by atoms with Gasteiger partial charge in [0, 0.05) is 24.0 Å². The van der Waals surface area contributed by atoms with Crippen LogP contribution >= 0.6 is 0 Å². The van der Waals surface area contributed by atoms with Crippen molar-refractivity contribution in [1.82, 2.24) is 0 Å². The van der Waals surface area contributed by atoms with Gasteiger partial charge < -0.3 is 9.64 Å². The van der Waals surface area contributed by atoms with Crippen LogP contribution in [0.25, 0.3) is 0 Å². The Morgan fingerprint density at radius 3 is 2.95 bits per heavy atom. The van der Waals surface area contributed by atoms with E-state index in [0.29, 0.717) is 12.2 Å². The molecular formula is C16H25N2O3+. The van der Waals surface area contributed by atoms with Crippen molar-refractivity contribution in [3.05, 3.63) is 33.9 Å². The van der Waals surface area contributed by atoms with Crippen molar-refractivity contribution in [2.45, 2.75) is 33.1 Å². The summed E-state index contributed by atoms with van der Waals surface area (Å²) in [4.78, 5) is 12.1. The molecule has 1 aromatic rings. The Morgan fingerprint density at radius 1 is 1.48 bits per heavy atom. The number of hydrogen-bond donors (Lipinski definition) is 1. The maximum atomic E-state index is 10.8. The van der Waals surface area contributed by atoms with Gasteiger partial charge in [0.25, 0.3) is 5.69 Å². The van der Waals surface area contributed by atoms with E-state index in [2.05, 4.69) is 6.92 Å². The van der Waals surface area contributed by atoms with E-state index in [0.717, 1.165) is 24.6 Å². The lowest BCUT2D eigenvalue weighted by molar-refractivity contribution is -0.908. The van der Waals surface area contributed by atoms with Crippen LogP contribution in [0, 0.1) is 23.0 Å². The van der Waals surface area contributed by atoms with Crippen LogP contribution in [-0.2, 0) is 0 Å². The van der Waals surface area contributed by atoms with Crippen molar-refractivity contribution in [2.24, 2.45) is 5.92 Å². The molecule has 0 bridgehead atoms. The Labute approximate surface area is 126 Å². The topological polar surface area (TPSA) is 56.8 Å². The molecule has 116 valence electrons. The van der Waals surface area contributed by atoms with Crippen molar-refractivity contribution >= 4 is 5.69 Å². The molecule has 0 amide bonds. The van der Waals surface area contributed by atoms with E-state index < -0.39 is 0 Å². The fourth-order valence-corrected chi connectivity index (χ4v) is 3.06. The summed E-state index contributed by atoms with van der Waals surface area (Å²) in [5.74, 6) is 1.56. The molecule has 1 heterocycles. The molecule has 0 aromatic heterocycles. The molecule has 0 saturated carbocycles. The first-order valence-corrected chi connectivity index (χ1v) is 7.77. The van der Waals surface area contributed by atoms with Crippen LogP contribution in [0.4, 0.5) is 5.69 Å². The fraction of sp³-hybridized carbons (Fsp3) is 0.625. The Morgan fingerprint density at radius 2 is 2.29 bits per heavy atom. The lowest BCUT2D eigenvalue weighted by atomic mass is 10.0. The molecule has 1 aliphatic heterocycles. The molecule has 2 rings (SSSR count). The number of nitrogens with one attached hydrogen (secondary N) is 1. The minimum atomic E-state index is -0.361. The zero-order valence-corrected chi connectivity index (χ0v) is 12.9. The van der Waals surface area contributed by atoms with Crippen molar-refractivity contribution in [2.75, 3.05) is 26.2 Å². The first kappa shape index (κ1) is 15.8. The van der Waals surface area contributed by atoms with Gasteiger partial charge in [0.2, 0.25) is 0 Å². The lowest BCUT2D eigenvalue weighted by Gasteiger charge is -2.27. The second kappa shape index (κ2) is 7.41. The molecule has 21 heavy (non-hydrogen) atoms. The van der Waals surface area contributed by atoms with Gasteiger partial charge in [0.05, 0.1) is 31.2 Å². The molecule has 0 aliphatic carbocycles. The number of nitro benzene ring substituents is 1. The number of nitro groups is 1. The molecule has 0 radical (unpaired) electrons. The summed E-state index contributed by atoms with van der Waals surface area (Å²) in [6.07, 6.45) is 3.72. The van der Waals surface area contributed by atoms with E-state index in [4.69, 9.17) is 4.74 Å². The zero-order chi connectivity index (χ0) is 15.2. The highest BCUT2D eigenvalue weighted by molar-refractivity contribution is 5.44. The molecule has 2 atom stereocenters. The van der Waals surface area contributed by atoms with Crippen molar-refractivity contribution < 1.29 is 14.6 Å². The van der Waals surface area contributed by atoms with Crippen molar-refractivity contribution in [3.8, 4) is 5.75 Å². The van der Waals surface area contributed by atoms with Crippen LogP contribution in [0.1, 0.15) is 31.7 Å². The summed E-state index contributed by atoms with van der Waals surface area (Å²) in [7, 11) is 0. The highest BCUT2D eigenvalue weighted by Gasteiger charge is 2.18. The third-order valence-corrected chi connectivity index (χ3v) is 4.17. The van der Waals surface area contributed by atoms with E-state index >= 15 is 0 Å². The number of benzene rings is 1. The van der Waals surface area contributed by atoms with Gasteiger partial charge >= 0.3 is 0 Å². The zero-order valence-electron chi connectivity index (χ0n) is 12.9. The highest BCUT2D eigenvalue weighted by Crippen LogP contribution is 2.22. The summed E-state index contributed by atoms with van der Waals surface area (Å²) in [5, 5.41) is 10.8.